The molecule has 0 amide bonds. The molecule has 3 aromatic heterocycles. The lowest BCUT2D eigenvalue weighted by molar-refractivity contribution is 0.670. The molecule has 0 aliphatic heterocycles. The summed E-state index contributed by atoms with van der Waals surface area (Å²) in [7, 11) is 0. The molecule has 0 bridgehead atoms. The van der Waals surface area contributed by atoms with Gasteiger partial charge in [-0.3, -0.25) is 0 Å². The second-order valence-corrected chi connectivity index (χ2v) is 15.2. The van der Waals surface area contributed by atoms with Crippen LogP contribution in [0.1, 0.15) is 0 Å². The van der Waals surface area contributed by atoms with Crippen molar-refractivity contribution in [3.05, 3.63) is 194 Å². The number of hydrogen-bond donors (Lipinski definition) is 0. The van der Waals surface area contributed by atoms with Crippen LogP contribution in [0.4, 0.5) is 0 Å². The number of rotatable bonds is 6. The number of benzene rings is 8. The van der Waals surface area contributed by atoms with Crippen molar-refractivity contribution in [2.24, 2.45) is 0 Å². The highest BCUT2D eigenvalue weighted by molar-refractivity contribution is 7.25. The Bertz CT molecular complexity index is 3180. The summed E-state index contributed by atoms with van der Waals surface area (Å²) in [6.45, 7) is 0. The van der Waals surface area contributed by atoms with Crippen molar-refractivity contribution in [2.75, 3.05) is 0 Å². The molecule has 8 aromatic carbocycles. The molecule has 4 heteroatoms. The maximum Gasteiger partial charge on any atom is 0.160 e. The first kappa shape index (κ1) is 32.3. The van der Waals surface area contributed by atoms with E-state index in [-0.39, 0.29) is 0 Å². The molecule has 0 fully saturated rings. The number of furan rings is 1. The fraction of sp³-hybridized carbons (Fsp3) is 0. The van der Waals surface area contributed by atoms with Crippen molar-refractivity contribution in [3.8, 4) is 67.3 Å². The monoisotopic (exact) mass is 732 g/mol. The van der Waals surface area contributed by atoms with E-state index in [0.29, 0.717) is 5.82 Å². The zero-order valence-corrected chi connectivity index (χ0v) is 31.0. The van der Waals surface area contributed by atoms with E-state index >= 15 is 0 Å². The first-order valence-corrected chi connectivity index (χ1v) is 19.6. The van der Waals surface area contributed by atoms with Crippen LogP contribution in [0.25, 0.3) is 109 Å². The van der Waals surface area contributed by atoms with Gasteiger partial charge < -0.3 is 4.42 Å². The van der Waals surface area contributed by atoms with Crippen LogP contribution in [-0.4, -0.2) is 9.97 Å². The Morgan fingerprint density at radius 1 is 0.357 bits per heavy atom. The fourth-order valence-electron chi connectivity index (χ4n) is 7.98. The second-order valence-electron chi connectivity index (χ2n) is 14.1. The number of fused-ring (bicyclic) bond motifs is 6. The van der Waals surface area contributed by atoms with Gasteiger partial charge >= 0.3 is 0 Å². The Kier molecular flexibility index (Phi) is 7.68. The molecule has 56 heavy (non-hydrogen) atoms. The van der Waals surface area contributed by atoms with E-state index < -0.39 is 0 Å². The highest BCUT2D eigenvalue weighted by Gasteiger charge is 2.21. The van der Waals surface area contributed by atoms with Crippen LogP contribution in [0, 0.1) is 0 Å². The van der Waals surface area contributed by atoms with E-state index in [0.717, 1.165) is 83.4 Å². The Morgan fingerprint density at radius 2 is 0.929 bits per heavy atom. The zero-order valence-electron chi connectivity index (χ0n) is 30.2. The van der Waals surface area contributed by atoms with Gasteiger partial charge in [-0.2, -0.15) is 0 Å². The molecular weight excluding hydrogens is 701 g/mol. The molecule has 11 rings (SSSR count). The predicted molar refractivity (Wildman–Crippen MR) is 235 cm³/mol. The summed E-state index contributed by atoms with van der Waals surface area (Å²) in [6.07, 6.45) is 0. The summed E-state index contributed by atoms with van der Waals surface area (Å²) in [5.74, 6) is 0.663. The van der Waals surface area contributed by atoms with E-state index in [4.69, 9.17) is 14.4 Å². The number of thiophene rings is 1. The molecule has 0 aliphatic rings. The SMILES string of the molecule is c1ccc(-c2cc(-c3ccccc3)cc(-c3nc(-c4ccccc4)cc(-c4ccc(-c5ccc6c(c5)sc5ccccc56)c5oc6ccccc6c45)n3)c2)cc1. The molecule has 0 spiro atoms. The molecule has 11 aromatic rings. The maximum atomic E-state index is 6.79. The van der Waals surface area contributed by atoms with Crippen LogP contribution in [0.15, 0.2) is 199 Å². The van der Waals surface area contributed by atoms with Gasteiger partial charge in [0.1, 0.15) is 11.2 Å². The zero-order chi connectivity index (χ0) is 37.0. The molecule has 0 saturated heterocycles. The van der Waals surface area contributed by atoms with Gasteiger partial charge in [-0.25, -0.2) is 9.97 Å². The van der Waals surface area contributed by atoms with Crippen LogP contribution < -0.4 is 0 Å². The van der Waals surface area contributed by atoms with E-state index in [9.17, 15) is 0 Å². The Morgan fingerprint density at radius 3 is 1.66 bits per heavy atom. The van der Waals surface area contributed by atoms with Gasteiger partial charge in [0, 0.05) is 53.2 Å². The Balaban J connectivity index is 1.15. The highest BCUT2D eigenvalue weighted by Crippen LogP contribution is 2.44. The van der Waals surface area contributed by atoms with Crippen molar-refractivity contribution < 1.29 is 4.42 Å². The molecule has 0 saturated carbocycles. The minimum Gasteiger partial charge on any atom is -0.455 e. The van der Waals surface area contributed by atoms with Crippen LogP contribution in [0.5, 0.6) is 0 Å². The van der Waals surface area contributed by atoms with Gasteiger partial charge in [-0.05, 0) is 76.3 Å². The molecule has 3 nitrogen and oxygen atoms in total. The smallest absolute Gasteiger partial charge is 0.160 e. The minimum atomic E-state index is 0.663. The number of hydrogen-bond acceptors (Lipinski definition) is 4. The third-order valence-electron chi connectivity index (χ3n) is 10.7. The summed E-state index contributed by atoms with van der Waals surface area (Å²) in [5.41, 5.74) is 13.1. The lowest BCUT2D eigenvalue weighted by Crippen LogP contribution is -1.97. The van der Waals surface area contributed by atoms with Gasteiger partial charge in [0.15, 0.2) is 5.82 Å². The number of nitrogens with zero attached hydrogens (tertiary/aromatic N) is 2. The third kappa shape index (κ3) is 5.58. The van der Waals surface area contributed by atoms with Gasteiger partial charge in [0.25, 0.3) is 0 Å². The van der Waals surface area contributed by atoms with Crippen molar-refractivity contribution >= 4 is 53.4 Å². The second kappa shape index (κ2) is 13.3. The lowest BCUT2D eigenvalue weighted by Gasteiger charge is -2.14. The molecule has 0 N–H and O–H groups in total. The molecule has 0 unspecified atom stereocenters. The topological polar surface area (TPSA) is 38.9 Å². The van der Waals surface area contributed by atoms with E-state index in [2.05, 4.69) is 182 Å². The van der Waals surface area contributed by atoms with Crippen molar-refractivity contribution in [2.45, 2.75) is 0 Å². The Labute approximate surface area is 327 Å². The maximum absolute atomic E-state index is 6.79. The normalized spacial score (nSPS) is 11.6. The van der Waals surface area contributed by atoms with E-state index in [1.54, 1.807) is 0 Å². The van der Waals surface area contributed by atoms with Gasteiger partial charge in [-0.1, -0.05) is 146 Å². The summed E-state index contributed by atoms with van der Waals surface area (Å²) in [6, 6.07) is 68.4. The van der Waals surface area contributed by atoms with Crippen LogP contribution >= 0.6 is 11.3 Å². The first-order valence-electron chi connectivity index (χ1n) is 18.8. The largest absolute Gasteiger partial charge is 0.455 e. The summed E-state index contributed by atoms with van der Waals surface area (Å²) < 4.78 is 9.35. The molecular formula is C52H32N2OS. The predicted octanol–water partition coefficient (Wildman–Crippen LogP) is 14.7. The molecule has 3 heterocycles. The van der Waals surface area contributed by atoms with E-state index in [1.165, 1.54) is 20.2 Å². The van der Waals surface area contributed by atoms with Crippen molar-refractivity contribution in [3.63, 3.8) is 0 Å². The van der Waals surface area contributed by atoms with Crippen molar-refractivity contribution in [1.29, 1.82) is 0 Å². The Hall–Kier alpha value is -7.14. The quantitative estimate of drug-likeness (QED) is 0.171. The highest BCUT2D eigenvalue weighted by atomic mass is 32.1. The molecule has 0 atom stereocenters. The lowest BCUT2D eigenvalue weighted by atomic mass is 9.94. The van der Waals surface area contributed by atoms with Gasteiger partial charge in [0.05, 0.1) is 11.4 Å². The van der Waals surface area contributed by atoms with Gasteiger partial charge in [0.2, 0.25) is 0 Å². The van der Waals surface area contributed by atoms with Crippen LogP contribution in [-0.2, 0) is 0 Å². The standard InChI is InChI=1S/C52H32N2OS/c1-4-14-33(15-5-1)37-28-38(34-16-6-2-7-17-34)30-39(29-37)52-53-45(35-18-8-3-9-19-35)32-46(54-52)43-27-26-40(51-50(43)44-21-10-12-22-47(44)55-51)36-24-25-42-41-20-11-13-23-48(41)56-49(42)31-36/h1-32H. The average Bonchev–Trinajstić information content (AvgIpc) is 3.85. The summed E-state index contributed by atoms with van der Waals surface area (Å²) in [4.78, 5) is 10.7. The summed E-state index contributed by atoms with van der Waals surface area (Å²) >= 11 is 1.83. The molecule has 0 aliphatic carbocycles. The van der Waals surface area contributed by atoms with Gasteiger partial charge in [-0.15, -0.1) is 11.3 Å². The average molecular weight is 733 g/mol. The minimum absolute atomic E-state index is 0.663. The van der Waals surface area contributed by atoms with Crippen molar-refractivity contribution in [1.82, 2.24) is 9.97 Å². The number of aromatic nitrogens is 2. The number of para-hydroxylation sites is 1. The van der Waals surface area contributed by atoms with Crippen LogP contribution in [0.3, 0.4) is 0 Å². The fourth-order valence-corrected chi connectivity index (χ4v) is 9.13. The molecule has 0 radical (unpaired) electrons. The van der Waals surface area contributed by atoms with Crippen LogP contribution in [0.2, 0.25) is 0 Å². The first-order chi connectivity index (χ1) is 27.7. The van der Waals surface area contributed by atoms with E-state index in [1.807, 2.05) is 23.5 Å². The third-order valence-corrected chi connectivity index (χ3v) is 11.8. The molecule has 262 valence electrons. The summed E-state index contributed by atoms with van der Waals surface area (Å²) in [5, 5.41) is 4.67.